The van der Waals surface area contributed by atoms with Crippen molar-refractivity contribution in [2.24, 2.45) is 5.92 Å². The number of piperidine rings is 3. The van der Waals surface area contributed by atoms with Crippen LogP contribution in [0.2, 0.25) is 0 Å². The Bertz CT molecular complexity index is 223. The van der Waals surface area contributed by atoms with Gasteiger partial charge in [-0.3, -0.25) is 4.90 Å². The van der Waals surface area contributed by atoms with Gasteiger partial charge in [-0.15, -0.1) is 0 Å². The minimum atomic E-state index is -1.23. The van der Waals surface area contributed by atoms with Crippen molar-refractivity contribution in [2.75, 3.05) is 26.7 Å². The highest BCUT2D eigenvalue weighted by molar-refractivity contribution is 5.80. The number of methoxy groups -OCH3 is 1. The van der Waals surface area contributed by atoms with E-state index in [0.29, 0.717) is 6.54 Å². The number of carbonyl (C=O) groups excluding carboxylic acids is 1. The summed E-state index contributed by atoms with van der Waals surface area (Å²) in [5.41, 5.74) is -1.23. The van der Waals surface area contributed by atoms with Gasteiger partial charge in [0, 0.05) is 12.5 Å². The molecule has 4 heteroatoms. The van der Waals surface area contributed by atoms with Crippen LogP contribution < -0.4 is 0 Å². The molecule has 4 nitrogen and oxygen atoms in total. The second-order valence-corrected chi connectivity index (χ2v) is 3.97. The summed E-state index contributed by atoms with van der Waals surface area (Å²) in [5.74, 6) is -0.369. The molecule has 0 spiro atoms. The number of fused-ring (bicyclic) bond motifs is 3. The molecule has 74 valence electrons. The lowest BCUT2D eigenvalue weighted by Crippen LogP contribution is -2.63. The molecule has 1 N–H and O–H groups in total. The van der Waals surface area contributed by atoms with Crippen molar-refractivity contribution in [3.8, 4) is 0 Å². The van der Waals surface area contributed by atoms with E-state index in [1.165, 1.54) is 7.11 Å². The molecule has 2 bridgehead atoms. The van der Waals surface area contributed by atoms with Crippen LogP contribution in [0.1, 0.15) is 12.8 Å². The van der Waals surface area contributed by atoms with Gasteiger partial charge >= 0.3 is 5.97 Å². The summed E-state index contributed by atoms with van der Waals surface area (Å²) < 4.78 is 4.63. The topological polar surface area (TPSA) is 49.8 Å². The van der Waals surface area contributed by atoms with Crippen LogP contribution in [-0.4, -0.2) is 48.3 Å². The maximum absolute atomic E-state index is 11.4. The van der Waals surface area contributed by atoms with E-state index in [1.807, 2.05) is 0 Å². The van der Waals surface area contributed by atoms with Crippen LogP contribution in [0.3, 0.4) is 0 Å². The number of hydrogen-bond acceptors (Lipinski definition) is 4. The lowest BCUT2D eigenvalue weighted by atomic mass is 9.75. The molecule has 3 aliphatic rings. The third kappa shape index (κ3) is 1.25. The number of esters is 1. The van der Waals surface area contributed by atoms with Gasteiger partial charge in [0.05, 0.1) is 7.11 Å². The predicted molar refractivity (Wildman–Crippen MR) is 46.1 cm³/mol. The van der Waals surface area contributed by atoms with Gasteiger partial charge in [0.1, 0.15) is 0 Å². The Morgan fingerprint density at radius 3 is 2.54 bits per heavy atom. The van der Waals surface area contributed by atoms with Gasteiger partial charge in [-0.05, 0) is 25.9 Å². The molecule has 0 aromatic heterocycles. The monoisotopic (exact) mass is 185 g/mol. The van der Waals surface area contributed by atoms with Crippen molar-refractivity contribution in [2.45, 2.75) is 18.4 Å². The molecule has 3 rings (SSSR count). The first-order valence-electron chi connectivity index (χ1n) is 4.70. The van der Waals surface area contributed by atoms with Crippen molar-refractivity contribution in [1.29, 1.82) is 0 Å². The van der Waals surface area contributed by atoms with Crippen molar-refractivity contribution >= 4 is 5.97 Å². The van der Waals surface area contributed by atoms with E-state index in [4.69, 9.17) is 0 Å². The zero-order chi connectivity index (χ0) is 9.47. The van der Waals surface area contributed by atoms with Gasteiger partial charge in [-0.25, -0.2) is 4.79 Å². The van der Waals surface area contributed by atoms with Crippen LogP contribution >= 0.6 is 0 Å². The fourth-order valence-corrected chi connectivity index (χ4v) is 2.45. The molecule has 0 aliphatic carbocycles. The van der Waals surface area contributed by atoms with Crippen LogP contribution in [-0.2, 0) is 9.53 Å². The van der Waals surface area contributed by atoms with Crippen LogP contribution in [0.5, 0.6) is 0 Å². The molecule has 0 radical (unpaired) electrons. The Hall–Kier alpha value is -0.610. The molecule has 0 aromatic carbocycles. The van der Waals surface area contributed by atoms with Crippen LogP contribution in [0.4, 0.5) is 0 Å². The molecule has 0 unspecified atom stereocenters. The zero-order valence-electron chi connectivity index (χ0n) is 7.82. The van der Waals surface area contributed by atoms with Gasteiger partial charge in [0.2, 0.25) is 0 Å². The van der Waals surface area contributed by atoms with Crippen LogP contribution in [0, 0.1) is 5.92 Å². The molecular formula is C9H15NO3. The van der Waals surface area contributed by atoms with E-state index < -0.39 is 11.6 Å². The third-order valence-corrected chi connectivity index (χ3v) is 3.27. The first kappa shape index (κ1) is 8.97. The molecule has 3 fully saturated rings. The number of ether oxygens (including phenoxy) is 1. The summed E-state index contributed by atoms with van der Waals surface area (Å²) in [7, 11) is 1.33. The zero-order valence-corrected chi connectivity index (χ0v) is 7.82. The Labute approximate surface area is 77.5 Å². The van der Waals surface area contributed by atoms with Crippen LogP contribution in [0.15, 0.2) is 0 Å². The summed E-state index contributed by atoms with van der Waals surface area (Å²) in [5, 5.41) is 10.1. The van der Waals surface area contributed by atoms with Gasteiger partial charge in [0.15, 0.2) is 5.60 Å². The minimum absolute atomic E-state index is 0.102. The largest absolute Gasteiger partial charge is 0.467 e. The maximum atomic E-state index is 11.4. The van der Waals surface area contributed by atoms with E-state index >= 15 is 0 Å². The molecule has 0 saturated carbocycles. The average Bonchev–Trinajstić information content (AvgIpc) is 2.18. The lowest BCUT2D eigenvalue weighted by molar-refractivity contribution is -0.183. The average molecular weight is 185 g/mol. The molecule has 3 heterocycles. The molecule has 3 aliphatic heterocycles. The number of nitrogens with zero attached hydrogens (tertiary/aromatic N) is 1. The standard InChI is InChI=1S/C9H15NO3/c1-13-8(11)9(12)6-10-4-2-7(9)3-5-10/h7,12H,2-6H2,1H3/t9-/m1/s1. The summed E-state index contributed by atoms with van der Waals surface area (Å²) >= 11 is 0. The second kappa shape index (κ2) is 2.96. The molecule has 3 saturated heterocycles. The summed E-state index contributed by atoms with van der Waals surface area (Å²) in [4.78, 5) is 13.5. The third-order valence-electron chi connectivity index (χ3n) is 3.27. The number of rotatable bonds is 1. The number of carbonyl (C=O) groups is 1. The first-order valence-corrected chi connectivity index (χ1v) is 4.70. The molecule has 0 aromatic rings. The van der Waals surface area contributed by atoms with Crippen LogP contribution in [0.25, 0.3) is 0 Å². The summed E-state index contributed by atoms with van der Waals surface area (Å²) in [6, 6.07) is 0. The number of aliphatic hydroxyl groups is 1. The van der Waals surface area contributed by atoms with Crippen molar-refractivity contribution in [3.63, 3.8) is 0 Å². The fraction of sp³-hybridized carbons (Fsp3) is 0.889. The highest BCUT2D eigenvalue weighted by Crippen LogP contribution is 2.36. The quantitative estimate of drug-likeness (QED) is 0.566. The van der Waals surface area contributed by atoms with E-state index in [2.05, 4.69) is 9.64 Å². The van der Waals surface area contributed by atoms with Crippen molar-refractivity contribution < 1.29 is 14.6 Å². The van der Waals surface area contributed by atoms with Gasteiger partial charge in [-0.1, -0.05) is 0 Å². The predicted octanol–water partition coefficient (Wildman–Crippen LogP) is -0.384. The van der Waals surface area contributed by atoms with Gasteiger partial charge in [0.25, 0.3) is 0 Å². The Kier molecular flexibility index (Phi) is 2.04. The minimum Gasteiger partial charge on any atom is -0.467 e. The van der Waals surface area contributed by atoms with E-state index in [-0.39, 0.29) is 5.92 Å². The Morgan fingerprint density at radius 1 is 1.54 bits per heavy atom. The maximum Gasteiger partial charge on any atom is 0.339 e. The van der Waals surface area contributed by atoms with E-state index in [1.54, 1.807) is 0 Å². The lowest BCUT2D eigenvalue weighted by Gasteiger charge is -2.48. The molecular weight excluding hydrogens is 170 g/mol. The van der Waals surface area contributed by atoms with E-state index in [9.17, 15) is 9.90 Å². The normalized spacial score (nSPS) is 43.2. The molecule has 0 amide bonds. The number of hydrogen-bond donors (Lipinski definition) is 1. The van der Waals surface area contributed by atoms with Crippen molar-refractivity contribution in [1.82, 2.24) is 4.90 Å². The first-order chi connectivity index (χ1) is 6.16. The second-order valence-electron chi connectivity index (χ2n) is 3.97. The molecule has 13 heavy (non-hydrogen) atoms. The molecule has 1 atom stereocenters. The highest BCUT2D eigenvalue weighted by atomic mass is 16.5. The SMILES string of the molecule is COC(=O)[C@@]1(O)CN2CCC1CC2. The fourth-order valence-electron chi connectivity index (χ4n) is 2.45. The van der Waals surface area contributed by atoms with E-state index in [0.717, 1.165) is 25.9 Å². The Balaban J connectivity index is 2.18. The van der Waals surface area contributed by atoms with Gasteiger partial charge < -0.3 is 9.84 Å². The summed E-state index contributed by atoms with van der Waals surface area (Å²) in [6.07, 6.45) is 1.82. The Morgan fingerprint density at radius 2 is 2.15 bits per heavy atom. The highest BCUT2D eigenvalue weighted by Gasteiger charge is 2.51. The smallest absolute Gasteiger partial charge is 0.339 e. The van der Waals surface area contributed by atoms with Gasteiger partial charge in [-0.2, -0.15) is 0 Å². The summed E-state index contributed by atoms with van der Waals surface area (Å²) in [6.45, 7) is 2.46. The van der Waals surface area contributed by atoms with Crippen molar-refractivity contribution in [3.05, 3.63) is 0 Å².